The van der Waals surface area contributed by atoms with Crippen LogP contribution in [0, 0.1) is 5.41 Å². The van der Waals surface area contributed by atoms with E-state index in [4.69, 9.17) is 11.6 Å². The number of hydrogen-bond acceptors (Lipinski definition) is 4. The minimum atomic E-state index is -1.23. The van der Waals surface area contributed by atoms with Gasteiger partial charge in [-0.15, -0.1) is 0 Å². The number of rotatable bonds is 4. The van der Waals surface area contributed by atoms with Crippen LogP contribution in [0.2, 0.25) is 5.02 Å². The molecule has 0 saturated heterocycles. The fourth-order valence-electron chi connectivity index (χ4n) is 3.56. The van der Waals surface area contributed by atoms with Crippen molar-refractivity contribution in [3.05, 3.63) is 16.9 Å². The van der Waals surface area contributed by atoms with E-state index in [2.05, 4.69) is 15.3 Å². The maximum Gasteiger partial charge on any atom is 0.342 e. The molecule has 3 fully saturated rings. The Balaban J connectivity index is 1.78. The summed E-state index contributed by atoms with van der Waals surface area (Å²) in [6.07, 6.45) is 5.37. The van der Waals surface area contributed by atoms with Crippen molar-refractivity contribution in [1.82, 2.24) is 15.3 Å². The summed E-state index contributed by atoms with van der Waals surface area (Å²) in [6, 6.07) is 0.152. The van der Waals surface area contributed by atoms with Crippen molar-refractivity contribution in [3.8, 4) is 0 Å². The van der Waals surface area contributed by atoms with Crippen LogP contribution in [-0.4, -0.2) is 32.7 Å². The number of carbonyl (C=O) groups is 1. The van der Waals surface area contributed by atoms with Crippen molar-refractivity contribution in [1.29, 1.82) is 0 Å². The number of nitrogens with zero attached hydrogens (tertiary/aromatic N) is 2. The maximum atomic E-state index is 12.2. The topological polar surface area (TPSA) is 77.9 Å². The summed E-state index contributed by atoms with van der Waals surface area (Å²) in [6.45, 7) is 3.92. The van der Waals surface area contributed by atoms with E-state index in [1.807, 2.05) is 13.8 Å². The predicted octanol–water partition coefficient (Wildman–Crippen LogP) is 1.81. The Morgan fingerprint density at radius 3 is 2.62 bits per heavy atom. The Morgan fingerprint density at radius 1 is 1.48 bits per heavy atom. The molecule has 114 valence electrons. The summed E-state index contributed by atoms with van der Waals surface area (Å²) in [4.78, 5) is 20.6. The molecule has 1 amide bonds. The maximum absolute atomic E-state index is 12.2. The number of aromatic nitrogens is 2. The van der Waals surface area contributed by atoms with E-state index in [9.17, 15) is 9.35 Å². The second-order valence-electron chi connectivity index (χ2n) is 6.52. The van der Waals surface area contributed by atoms with Gasteiger partial charge in [-0.2, -0.15) is 9.97 Å². The molecule has 0 aromatic carbocycles. The molecule has 5 nitrogen and oxygen atoms in total. The van der Waals surface area contributed by atoms with Gasteiger partial charge in [-0.05, 0) is 33.1 Å². The van der Waals surface area contributed by atoms with E-state index in [-0.39, 0.29) is 22.8 Å². The van der Waals surface area contributed by atoms with Crippen molar-refractivity contribution < 1.29 is 9.35 Å². The minimum Gasteiger partial charge on any atom is -0.609 e. The lowest BCUT2D eigenvalue weighted by atomic mass is 9.34. The first kappa shape index (κ1) is 15.1. The summed E-state index contributed by atoms with van der Waals surface area (Å²) >= 11 is 4.98. The van der Waals surface area contributed by atoms with E-state index in [1.54, 1.807) is 6.26 Å². The molecule has 1 aromatic heterocycles. The highest BCUT2D eigenvalue weighted by Crippen LogP contribution is 2.74. The zero-order valence-electron chi connectivity index (χ0n) is 12.3. The molecule has 1 heterocycles. The van der Waals surface area contributed by atoms with Gasteiger partial charge in [-0.1, -0.05) is 11.6 Å². The molecule has 3 saturated carbocycles. The van der Waals surface area contributed by atoms with E-state index < -0.39 is 11.2 Å². The molecule has 1 atom stereocenters. The highest BCUT2D eigenvalue weighted by Gasteiger charge is 2.73. The third-order valence-electron chi connectivity index (χ3n) is 4.41. The Bertz CT molecular complexity index is 586. The van der Waals surface area contributed by atoms with Crippen LogP contribution in [0.1, 0.15) is 38.8 Å². The summed E-state index contributed by atoms with van der Waals surface area (Å²) in [5.74, 6) is 0.129. The van der Waals surface area contributed by atoms with Crippen LogP contribution < -0.4 is 5.32 Å². The van der Waals surface area contributed by atoms with Gasteiger partial charge in [-0.25, -0.2) is 0 Å². The van der Waals surface area contributed by atoms with Crippen LogP contribution in [0.15, 0.2) is 11.4 Å². The minimum absolute atomic E-state index is 0.123. The largest absolute Gasteiger partial charge is 0.609 e. The average molecular weight is 328 g/mol. The van der Waals surface area contributed by atoms with Gasteiger partial charge in [0.25, 0.3) is 0 Å². The fraction of sp³-hybridized carbons (Fsp3) is 0.643. The number of halogens is 1. The van der Waals surface area contributed by atoms with Crippen molar-refractivity contribution in [2.75, 3.05) is 6.26 Å². The first-order valence-electron chi connectivity index (χ1n) is 6.95. The standard InChI is InChI=1S/C14H18ClN3O2S/c1-8(2)17-11(19)14-5-13(6-14,7-14)10-9(15)4-16-12(18-10)21(3)20/h4,8H,5-7H2,1-3H3,(H,17,19). The van der Waals surface area contributed by atoms with E-state index in [1.165, 1.54) is 6.20 Å². The van der Waals surface area contributed by atoms with Crippen molar-refractivity contribution in [2.24, 2.45) is 5.41 Å². The second-order valence-corrected chi connectivity index (χ2v) is 8.20. The van der Waals surface area contributed by atoms with Gasteiger partial charge in [0, 0.05) is 22.6 Å². The van der Waals surface area contributed by atoms with E-state index in [0.29, 0.717) is 10.2 Å². The molecule has 1 N–H and O–H groups in total. The van der Waals surface area contributed by atoms with Gasteiger partial charge in [0.15, 0.2) is 0 Å². The third kappa shape index (κ3) is 2.24. The van der Waals surface area contributed by atoms with Gasteiger partial charge in [0.1, 0.15) is 6.26 Å². The predicted molar refractivity (Wildman–Crippen MR) is 80.6 cm³/mol. The zero-order chi connectivity index (χ0) is 15.4. The lowest BCUT2D eigenvalue weighted by molar-refractivity contribution is -0.177. The number of hydrogen-bond donors (Lipinski definition) is 1. The molecule has 3 aliphatic rings. The molecule has 0 spiro atoms. The number of amides is 1. The monoisotopic (exact) mass is 327 g/mol. The normalized spacial score (nSPS) is 31.3. The van der Waals surface area contributed by atoms with Crippen LogP contribution >= 0.6 is 11.6 Å². The van der Waals surface area contributed by atoms with Gasteiger partial charge >= 0.3 is 5.16 Å². The smallest absolute Gasteiger partial charge is 0.342 e. The molecule has 3 aliphatic carbocycles. The summed E-state index contributed by atoms with van der Waals surface area (Å²) in [5.41, 5.74) is 0.385. The number of carbonyl (C=O) groups excluding carboxylic acids is 1. The van der Waals surface area contributed by atoms with Crippen LogP contribution in [0.25, 0.3) is 0 Å². The molecule has 2 bridgehead atoms. The molecule has 0 aliphatic heterocycles. The van der Waals surface area contributed by atoms with Crippen LogP contribution in [-0.2, 0) is 21.4 Å². The summed E-state index contributed by atoms with van der Waals surface area (Å²) in [7, 11) is 0. The molecule has 1 aromatic rings. The molecule has 4 rings (SSSR count). The molecular formula is C14H18ClN3O2S. The van der Waals surface area contributed by atoms with Crippen molar-refractivity contribution >= 4 is 28.7 Å². The van der Waals surface area contributed by atoms with Crippen molar-refractivity contribution in [3.63, 3.8) is 0 Å². The highest BCUT2D eigenvalue weighted by atomic mass is 35.5. The van der Waals surface area contributed by atoms with E-state index >= 15 is 0 Å². The molecule has 0 radical (unpaired) electrons. The summed E-state index contributed by atoms with van der Waals surface area (Å²) < 4.78 is 11.5. The molecular weight excluding hydrogens is 310 g/mol. The Labute approximate surface area is 132 Å². The zero-order valence-corrected chi connectivity index (χ0v) is 13.8. The van der Waals surface area contributed by atoms with Gasteiger partial charge in [-0.3, -0.25) is 4.79 Å². The van der Waals surface area contributed by atoms with Crippen molar-refractivity contribution in [2.45, 2.75) is 49.7 Å². The Kier molecular flexibility index (Phi) is 3.46. The Hall–Kier alpha value is -0.850. The summed E-state index contributed by atoms with van der Waals surface area (Å²) in [5, 5.41) is 3.79. The molecule has 21 heavy (non-hydrogen) atoms. The Morgan fingerprint density at radius 2 is 2.10 bits per heavy atom. The third-order valence-corrected chi connectivity index (χ3v) is 5.40. The number of nitrogens with one attached hydrogen (secondary N) is 1. The van der Waals surface area contributed by atoms with E-state index in [0.717, 1.165) is 25.0 Å². The first-order valence-corrected chi connectivity index (χ1v) is 8.89. The SMILES string of the molecule is CC(C)NC(=O)C12CC(c3nc([S+](C)[O-])ncc3Cl)(C1)C2. The second kappa shape index (κ2) is 4.83. The lowest BCUT2D eigenvalue weighted by Crippen LogP contribution is -2.70. The average Bonchev–Trinajstić information content (AvgIpc) is 2.26. The fourth-order valence-corrected chi connectivity index (χ4v) is 4.27. The molecule has 1 unspecified atom stereocenters. The van der Waals surface area contributed by atoms with Gasteiger partial charge in [0.05, 0.1) is 22.3 Å². The lowest BCUT2D eigenvalue weighted by Gasteiger charge is -2.69. The molecule has 7 heteroatoms. The quantitative estimate of drug-likeness (QED) is 0.676. The van der Waals surface area contributed by atoms with Gasteiger partial charge in [0.2, 0.25) is 5.91 Å². The van der Waals surface area contributed by atoms with Crippen LogP contribution in [0.4, 0.5) is 0 Å². The van der Waals surface area contributed by atoms with Crippen LogP contribution in [0.5, 0.6) is 0 Å². The highest BCUT2D eigenvalue weighted by molar-refractivity contribution is 7.90. The first-order chi connectivity index (χ1) is 9.78. The van der Waals surface area contributed by atoms with Gasteiger partial charge < -0.3 is 9.87 Å². The van der Waals surface area contributed by atoms with Crippen LogP contribution in [0.3, 0.4) is 0 Å².